The van der Waals surface area contributed by atoms with Crippen LogP contribution in [0.15, 0.2) is 78.0 Å². The van der Waals surface area contributed by atoms with Crippen molar-refractivity contribution in [3.05, 3.63) is 89.7 Å². The quantitative estimate of drug-likeness (QED) is 0.231. The van der Waals surface area contributed by atoms with Gasteiger partial charge in [0.2, 0.25) is 0 Å². The highest BCUT2D eigenvalue weighted by molar-refractivity contribution is 7.99. The molecule has 0 aliphatic carbocycles. The van der Waals surface area contributed by atoms with E-state index in [9.17, 15) is 4.39 Å². The lowest BCUT2D eigenvalue weighted by Crippen LogP contribution is -2.14. The maximum absolute atomic E-state index is 14.4. The summed E-state index contributed by atoms with van der Waals surface area (Å²) in [4.78, 5) is 0. The maximum atomic E-state index is 14.4. The van der Waals surface area contributed by atoms with Gasteiger partial charge in [0.1, 0.15) is 11.6 Å². The number of hydrogen-bond donors (Lipinski definition) is 1. The molecule has 6 nitrogen and oxygen atoms in total. The molecule has 2 aromatic heterocycles. The first-order chi connectivity index (χ1) is 18.0. The molecule has 37 heavy (non-hydrogen) atoms. The Bertz CT molecular complexity index is 1530. The minimum Gasteiger partial charge on any atom is -0.497 e. The Hall–Kier alpha value is -3.62. The molecular formula is C29H30FN5OS. The highest BCUT2D eigenvalue weighted by Gasteiger charge is 2.24. The third kappa shape index (κ3) is 5.12. The smallest absolute Gasteiger partial charge is 0.196 e. The number of aryl methyl sites for hydroxylation is 1. The molecule has 0 aliphatic rings. The molecule has 0 amide bonds. The third-order valence-corrected chi connectivity index (χ3v) is 7.18. The van der Waals surface area contributed by atoms with Gasteiger partial charge in [-0.15, -0.1) is 10.2 Å². The van der Waals surface area contributed by atoms with Crippen LogP contribution in [0.1, 0.15) is 25.0 Å². The SMILES string of the molecule is COc1cccc(CNCc2c(-c3nnc(SC(C)C)n3-c3ccccc3)n(C)c3ccc(F)cc23)c1. The van der Waals surface area contributed by atoms with E-state index >= 15 is 0 Å². The third-order valence-electron chi connectivity index (χ3n) is 6.23. The summed E-state index contributed by atoms with van der Waals surface area (Å²) in [5.41, 5.74) is 4.92. The van der Waals surface area contributed by atoms with E-state index in [-0.39, 0.29) is 5.82 Å². The van der Waals surface area contributed by atoms with Crippen LogP contribution in [0, 0.1) is 5.82 Å². The summed E-state index contributed by atoms with van der Waals surface area (Å²) in [6, 6.07) is 23.0. The van der Waals surface area contributed by atoms with Crippen molar-refractivity contribution >= 4 is 22.7 Å². The lowest BCUT2D eigenvalue weighted by Gasteiger charge is -2.14. The molecule has 0 atom stereocenters. The molecule has 5 rings (SSSR count). The molecule has 8 heteroatoms. The lowest BCUT2D eigenvalue weighted by molar-refractivity contribution is 0.414. The van der Waals surface area contributed by atoms with E-state index in [1.54, 1.807) is 24.9 Å². The van der Waals surface area contributed by atoms with E-state index in [0.29, 0.717) is 18.3 Å². The van der Waals surface area contributed by atoms with Crippen molar-refractivity contribution in [1.82, 2.24) is 24.6 Å². The minimum absolute atomic E-state index is 0.265. The van der Waals surface area contributed by atoms with Crippen molar-refractivity contribution in [2.75, 3.05) is 7.11 Å². The van der Waals surface area contributed by atoms with Crippen LogP contribution in [0.25, 0.3) is 28.1 Å². The Labute approximate surface area is 220 Å². The Balaban J connectivity index is 1.62. The summed E-state index contributed by atoms with van der Waals surface area (Å²) < 4.78 is 24.0. The Morgan fingerprint density at radius 2 is 1.78 bits per heavy atom. The van der Waals surface area contributed by atoms with Crippen molar-refractivity contribution in [2.24, 2.45) is 7.05 Å². The topological polar surface area (TPSA) is 56.9 Å². The monoisotopic (exact) mass is 515 g/mol. The summed E-state index contributed by atoms with van der Waals surface area (Å²) in [5.74, 6) is 1.28. The zero-order chi connectivity index (χ0) is 25.9. The first-order valence-electron chi connectivity index (χ1n) is 12.2. The number of methoxy groups -OCH3 is 1. The molecule has 0 bridgehead atoms. The highest BCUT2D eigenvalue weighted by Crippen LogP contribution is 2.36. The van der Waals surface area contributed by atoms with Gasteiger partial charge in [0.05, 0.1) is 12.8 Å². The number of halogens is 1. The molecule has 0 saturated heterocycles. The Morgan fingerprint density at radius 1 is 0.973 bits per heavy atom. The number of para-hydroxylation sites is 1. The minimum atomic E-state index is -0.265. The van der Waals surface area contributed by atoms with Crippen LogP contribution in [0.2, 0.25) is 0 Å². The van der Waals surface area contributed by atoms with Gasteiger partial charge in [0.15, 0.2) is 11.0 Å². The van der Waals surface area contributed by atoms with Crippen molar-refractivity contribution in [2.45, 2.75) is 37.3 Å². The normalized spacial score (nSPS) is 11.5. The fourth-order valence-corrected chi connectivity index (χ4v) is 5.40. The molecule has 0 aliphatic heterocycles. The van der Waals surface area contributed by atoms with E-state index in [2.05, 4.69) is 56.7 Å². The predicted molar refractivity (Wildman–Crippen MR) is 148 cm³/mol. The number of nitrogens with zero attached hydrogens (tertiary/aromatic N) is 4. The number of aromatic nitrogens is 4. The summed E-state index contributed by atoms with van der Waals surface area (Å²) in [5, 5.41) is 14.8. The zero-order valence-electron chi connectivity index (χ0n) is 21.4. The first kappa shape index (κ1) is 25.0. The van der Waals surface area contributed by atoms with E-state index in [1.807, 2.05) is 49.5 Å². The second-order valence-electron chi connectivity index (χ2n) is 9.15. The predicted octanol–water partition coefficient (Wildman–Crippen LogP) is 6.36. The second-order valence-corrected chi connectivity index (χ2v) is 10.7. The number of rotatable bonds is 9. The van der Waals surface area contributed by atoms with E-state index < -0.39 is 0 Å². The molecular weight excluding hydrogens is 485 g/mol. The van der Waals surface area contributed by atoms with E-state index in [1.165, 1.54) is 6.07 Å². The number of benzene rings is 3. The van der Waals surface area contributed by atoms with Gasteiger partial charge in [-0.2, -0.15) is 0 Å². The molecule has 2 heterocycles. The molecule has 0 fully saturated rings. The van der Waals surface area contributed by atoms with Crippen LogP contribution in [0.3, 0.4) is 0 Å². The van der Waals surface area contributed by atoms with Gasteiger partial charge in [-0.05, 0) is 48.0 Å². The fourth-order valence-electron chi connectivity index (χ4n) is 4.59. The van der Waals surface area contributed by atoms with Gasteiger partial charge in [0, 0.05) is 47.5 Å². The molecule has 0 saturated carbocycles. The molecule has 0 radical (unpaired) electrons. The molecule has 1 N–H and O–H groups in total. The van der Waals surface area contributed by atoms with Gasteiger partial charge in [-0.25, -0.2) is 4.39 Å². The maximum Gasteiger partial charge on any atom is 0.196 e. The van der Waals surface area contributed by atoms with Crippen molar-refractivity contribution in [1.29, 1.82) is 0 Å². The summed E-state index contributed by atoms with van der Waals surface area (Å²) >= 11 is 1.67. The van der Waals surface area contributed by atoms with Gasteiger partial charge in [-0.3, -0.25) is 4.57 Å². The van der Waals surface area contributed by atoms with E-state index in [0.717, 1.165) is 50.1 Å². The summed E-state index contributed by atoms with van der Waals surface area (Å²) in [6.07, 6.45) is 0. The molecule has 5 aromatic rings. The van der Waals surface area contributed by atoms with Crippen LogP contribution in [0.4, 0.5) is 4.39 Å². The van der Waals surface area contributed by atoms with Crippen LogP contribution < -0.4 is 10.1 Å². The molecule has 0 unspecified atom stereocenters. The van der Waals surface area contributed by atoms with Crippen LogP contribution in [-0.2, 0) is 20.1 Å². The van der Waals surface area contributed by atoms with Crippen LogP contribution in [0.5, 0.6) is 5.75 Å². The fraction of sp³-hybridized carbons (Fsp3) is 0.241. The summed E-state index contributed by atoms with van der Waals surface area (Å²) in [7, 11) is 3.67. The van der Waals surface area contributed by atoms with E-state index in [4.69, 9.17) is 4.74 Å². The number of ether oxygens (including phenoxy) is 1. The van der Waals surface area contributed by atoms with Crippen LogP contribution >= 0.6 is 11.8 Å². The molecule has 3 aromatic carbocycles. The van der Waals surface area contributed by atoms with Crippen molar-refractivity contribution in [3.8, 4) is 23.0 Å². The number of thioether (sulfide) groups is 1. The van der Waals surface area contributed by atoms with Crippen molar-refractivity contribution < 1.29 is 9.13 Å². The van der Waals surface area contributed by atoms with Crippen molar-refractivity contribution in [3.63, 3.8) is 0 Å². The highest BCUT2D eigenvalue weighted by atomic mass is 32.2. The number of hydrogen-bond acceptors (Lipinski definition) is 5. The van der Waals surface area contributed by atoms with Gasteiger partial charge in [0.25, 0.3) is 0 Å². The average Bonchev–Trinajstić information content (AvgIpc) is 3.42. The molecule has 190 valence electrons. The van der Waals surface area contributed by atoms with Gasteiger partial charge >= 0.3 is 0 Å². The molecule has 0 spiro atoms. The lowest BCUT2D eigenvalue weighted by atomic mass is 10.1. The average molecular weight is 516 g/mol. The standard InChI is InChI=1S/C29H30FN5OS/c1-19(2)37-29-33-32-28(35(29)22-10-6-5-7-11-22)27-25(24-16-21(30)13-14-26(24)34(27)3)18-31-17-20-9-8-12-23(15-20)36-4/h5-16,19,31H,17-18H2,1-4H3. The first-order valence-corrected chi connectivity index (χ1v) is 13.1. The number of nitrogens with one attached hydrogen (secondary N) is 1. The second kappa shape index (κ2) is 10.8. The van der Waals surface area contributed by atoms with Gasteiger partial charge < -0.3 is 14.6 Å². The Kier molecular flexibility index (Phi) is 7.30. The largest absolute Gasteiger partial charge is 0.497 e. The number of fused-ring (bicyclic) bond motifs is 1. The van der Waals surface area contributed by atoms with Gasteiger partial charge in [-0.1, -0.05) is 55.9 Å². The summed E-state index contributed by atoms with van der Waals surface area (Å²) in [6.45, 7) is 5.45. The van der Waals surface area contributed by atoms with Crippen LogP contribution in [-0.4, -0.2) is 31.7 Å². The Morgan fingerprint density at radius 3 is 2.54 bits per heavy atom. The zero-order valence-corrected chi connectivity index (χ0v) is 22.2.